The molecule has 0 radical (unpaired) electrons. The molecule has 4 nitrogen and oxygen atoms in total. The Kier molecular flexibility index (Phi) is 3.51. The second-order valence-corrected chi connectivity index (χ2v) is 5.80. The van der Waals surface area contributed by atoms with Crippen molar-refractivity contribution in [2.24, 2.45) is 0 Å². The highest BCUT2D eigenvalue weighted by molar-refractivity contribution is 7.13. The highest BCUT2D eigenvalue weighted by atomic mass is 32.1. The van der Waals surface area contributed by atoms with Crippen molar-refractivity contribution >= 4 is 11.3 Å². The third-order valence-electron chi connectivity index (χ3n) is 3.56. The minimum absolute atomic E-state index is 0.270. The third kappa shape index (κ3) is 2.45. The molecule has 2 aromatic heterocycles. The van der Waals surface area contributed by atoms with Crippen LogP contribution >= 0.6 is 11.3 Å². The molecule has 0 aliphatic carbocycles. The molecule has 0 amide bonds. The zero-order valence-corrected chi connectivity index (χ0v) is 13.1. The molecule has 1 N–H and O–H groups in total. The summed E-state index contributed by atoms with van der Waals surface area (Å²) in [7, 11) is 0. The van der Waals surface area contributed by atoms with Gasteiger partial charge in [-0.05, 0) is 45.0 Å². The molecule has 0 bridgehead atoms. The van der Waals surface area contributed by atoms with Gasteiger partial charge in [0.1, 0.15) is 10.8 Å². The highest BCUT2D eigenvalue weighted by Gasteiger charge is 2.16. The van der Waals surface area contributed by atoms with E-state index in [0.717, 1.165) is 39.8 Å². The van der Waals surface area contributed by atoms with Crippen molar-refractivity contribution in [1.82, 2.24) is 14.8 Å². The predicted octanol–water partition coefficient (Wildman–Crippen LogP) is 4.02. The molecule has 0 aliphatic rings. The number of aromatic hydroxyl groups is 1. The molecule has 0 saturated heterocycles. The third-order valence-corrected chi connectivity index (χ3v) is 4.45. The van der Waals surface area contributed by atoms with Crippen molar-refractivity contribution in [3.05, 3.63) is 41.0 Å². The monoisotopic (exact) mass is 299 g/mol. The lowest BCUT2D eigenvalue weighted by atomic mass is 10.1. The van der Waals surface area contributed by atoms with E-state index in [-0.39, 0.29) is 5.75 Å². The van der Waals surface area contributed by atoms with Gasteiger partial charge >= 0.3 is 0 Å². The Morgan fingerprint density at radius 2 is 1.90 bits per heavy atom. The number of benzene rings is 1. The average molecular weight is 299 g/mol. The fourth-order valence-electron chi connectivity index (χ4n) is 2.50. The first-order valence-corrected chi connectivity index (χ1v) is 7.77. The summed E-state index contributed by atoms with van der Waals surface area (Å²) in [6.45, 7) is 7.06. The van der Waals surface area contributed by atoms with Crippen LogP contribution in [0.25, 0.3) is 21.8 Å². The van der Waals surface area contributed by atoms with Gasteiger partial charge in [-0.2, -0.15) is 5.10 Å². The van der Waals surface area contributed by atoms with Crippen molar-refractivity contribution < 1.29 is 5.11 Å². The van der Waals surface area contributed by atoms with E-state index in [4.69, 9.17) is 4.98 Å². The molecule has 21 heavy (non-hydrogen) atoms. The predicted molar refractivity (Wildman–Crippen MR) is 85.6 cm³/mol. The largest absolute Gasteiger partial charge is 0.508 e. The molecule has 0 fully saturated rings. The van der Waals surface area contributed by atoms with Crippen molar-refractivity contribution in [1.29, 1.82) is 0 Å². The van der Waals surface area contributed by atoms with Crippen LogP contribution in [0.1, 0.15) is 18.3 Å². The van der Waals surface area contributed by atoms with Crippen molar-refractivity contribution in [2.75, 3.05) is 0 Å². The second-order valence-electron chi connectivity index (χ2n) is 4.95. The molecular formula is C16H17N3OS. The molecule has 108 valence electrons. The summed E-state index contributed by atoms with van der Waals surface area (Å²) < 4.78 is 2.00. The molecule has 1 aromatic carbocycles. The Morgan fingerprint density at radius 1 is 1.19 bits per heavy atom. The number of phenolic OH excluding ortho intramolecular Hbond substituents is 1. The second kappa shape index (κ2) is 5.33. The van der Waals surface area contributed by atoms with E-state index in [1.54, 1.807) is 23.5 Å². The minimum atomic E-state index is 0.270. The molecule has 3 rings (SSSR count). The molecule has 0 saturated carbocycles. The number of aromatic nitrogens is 3. The number of rotatable bonds is 3. The molecule has 2 heterocycles. The summed E-state index contributed by atoms with van der Waals surface area (Å²) in [6.07, 6.45) is 0. The maximum atomic E-state index is 9.36. The van der Waals surface area contributed by atoms with Crippen LogP contribution in [-0.4, -0.2) is 19.9 Å². The van der Waals surface area contributed by atoms with E-state index in [1.807, 2.05) is 23.7 Å². The van der Waals surface area contributed by atoms with Crippen LogP contribution in [0.2, 0.25) is 0 Å². The number of phenols is 1. The van der Waals surface area contributed by atoms with Crippen LogP contribution in [0.3, 0.4) is 0 Å². The van der Waals surface area contributed by atoms with E-state index < -0.39 is 0 Å². The van der Waals surface area contributed by atoms with Crippen LogP contribution in [-0.2, 0) is 6.54 Å². The van der Waals surface area contributed by atoms with Gasteiger partial charge in [-0.1, -0.05) is 0 Å². The van der Waals surface area contributed by atoms with Crippen molar-refractivity contribution in [3.8, 4) is 27.6 Å². The molecule has 3 aromatic rings. The number of nitrogens with zero attached hydrogens (tertiary/aromatic N) is 3. The molecule has 0 atom stereocenters. The van der Waals surface area contributed by atoms with Gasteiger partial charge in [0.25, 0.3) is 0 Å². The fourth-order valence-corrected chi connectivity index (χ4v) is 3.32. The summed E-state index contributed by atoms with van der Waals surface area (Å²) >= 11 is 1.61. The van der Waals surface area contributed by atoms with E-state index in [1.165, 1.54) is 0 Å². The van der Waals surface area contributed by atoms with E-state index in [2.05, 4.69) is 24.3 Å². The summed E-state index contributed by atoms with van der Waals surface area (Å²) in [4.78, 5) is 4.73. The van der Waals surface area contributed by atoms with E-state index in [0.29, 0.717) is 0 Å². The smallest absolute Gasteiger partial charge is 0.124 e. The lowest BCUT2D eigenvalue weighted by molar-refractivity contribution is 0.475. The Bertz CT molecular complexity index is 771. The maximum absolute atomic E-state index is 9.36. The molecule has 0 aliphatic heterocycles. The van der Waals surface area contributed by atoms with Gasteiger partial charge in [0.2, 0.25) is 0 Å². The standard InChI is InChI=1S/C16H17N3OS/c1-4-19-11(3)15(10(2)18-19)14-9-21-16(17-14)12-5-7-13(20)8-6-12/h5-9,20H,4H2,1-3H3. The summed E-state index contributed by atoms with van der Waals surface area (Å²) in [5, 5.41) is 16.9. The molecule has 0 spiro atoms. The Balaban J connectivity index is 2.02. The van der Waals surface area contributed by atoms with Crippen LogP contribution in [0, 0.1) is 13.8 Å². The number of hydrogen-bond donors (Lipinski definition) is 1. The van der Waals surface area contributed by atoms with Crippen LogP contribution in [0.15, 0.2) is 29.6 Å². The Hall–Kier alpha value is -2.14. The Morgan fingerprint density at radius 3 is 2.52 bits per heavy atom. The van der Waals surface area contributed by atoms with Crippen molar-refractivity contribution in [3.63, 3.8) is 0 Å². The first-order chi connectivity index (χ1) is 10.1. The first kappa shape index (κ1) is 13.8. The van der Waals surface area contributed by atoms with Crippen LogP contribution in [0.4, 0.5) is 0 Å². The molecule has 0 unspecified atom stereocenters. The van der Waals surface area contributed by atoms with Gasteiger partial charge < -0.3 is 5.11 Å². The summed E-state index contributed by atoms with van der Waals surface area (Å²) in [6, 6.07) is 7.13. The quantitative estimate of drug-likeness (QED) is 0.795. The van der Waals surface area contributed by atoms with Gasteiger partial charge in [-0.25, -0.2) is 4.98 Å². The lowest BCUT2D eigenvalue weighted by Gasteiger charge is -2.00. The van der Waals surface area contributed by atoms with Gasteiger partial charge in [0.15, 0.2) is 0 Å². The van der Waals surface area contributed by atoms with Crippen LogP contribution < -0.4 is 0 Å². The summed E-state index contributed by atoms with van der Waals surface area (Å²) in [5.41, 5.74) is 5.27. The zero-order chi connectivity index (χ0) is 15.0. The average Bonchev–Trinajstić information content (AvgIpc) is 3.04. The molecule has 5 heteroatoms. The van der Waals surface area contributed by atoms with Gasteiger partial charge in [-0.3, -0.25) is 4.68 Å². The SMILES string of the molecule is CCn1nc(C)c(-c2csc(-c3ccc(O)cc3)n2)c1C. The lowest BCUT2D eigenvalue weighted by Crippen LogP contribution is -1.98. The highest BCUT2D eigenvalue weighted by Crippen LogP contribution is 2.32. The topological polar surface area (TPSA) is 50.9 Å². The Labute approximate surface area is 127 Å². The summed E-state index contributed by atoms with van der Waals surface area (Å²) in [5.74, 6) is 0.270. The van der Waals surface area contributed by atoms with E-state index in [9.17, 15) is 5.11 Å². The number of thiazole rings is 1. The van der Waals surface area contributed by atoms with Crippen LogP contribution in [0.5, 0.6) is 5.75 Å². The number of hydrogen-bond acceptors (Lipinski definition) is 4. The normalized spacial score (nSPS) is 11.0. The zero-order valence-electron chi connectivity index (χ0n) is 12.3. The van der Waals surface area contributed by atoms with Gasteiger partial charge in [0.05, 0.1) is 11.4 Å². The maximum Gasteiger partial charge on any atom is 0.124 e. The van der Waals surface area contributed by atoms with Gasteiger partial charge in [0, 0.05) is 28.7 Å². The minimum Gasteiger partial charge on any atom is -0.508 e. The molecular weight excluding hydrogens is 282 g/mol. The van der Waals surface area contributed by atoms with E-state index >= 15 is 0 Å². The number of aryl methyl sites for hydroxylation is 2. The van der Waals surface area contributed by atoms with Gasteiger partial charge in [-0.15, -0.1) is 11.3 Å². The fraction of sp³-hybridized carbons (Fsp3) is 0.250. The first-order valence-electron chi connectivity index (χ1n) is 6.89. The van der Waals surface area contributed by atoms with Crippen molar-refractivity contribution in [2.45, 2.75) is 27.3 Å².